The highest BCUT2D eigenvalue weighted by Crippen LogP contribution is 2.26. The van der Waals surface area contributed by atoms with Crippen molar-refractivity contribution in [1.29, 1.82) is 0 Å². The predicted molar refractivity (Wildman–Crippen MR) is 192 cm³/mol. The van der Waals surface area contributed by atoms with Crippen LogP contribution in [0, 0.1) is 0 Å². The maximum Gasteiger partial charge on any atom is 0.397 e. The summed E-state index contributed by atoms with van der Waals surface area (Å²) in [7, 11) is -5.10. The van der Waals surface area contributed by atoms with Crippen LogP contribution in [-0.4, -0.2) is 107 Å². The molecule has 0 aliphatic carbocycles. The first kappa shape index (κ1) is 46.8. The van der Waals surface area contributed by atoms with E-state index in [1.165, 1.54) is 32.1 Å². The SMILES string of the molecule is CCCCCC/C=C\CCCCCCCCC(O)C(=O)NC(COC1OC(CO)C(O)C(OS(=O)(=O)O)C1O)C(O)CCCCCCCCC. The Morgan fingerprint density at radius 3 is 1.82 bits per heavy atom. The largest absolute Gasteiger partial charge is 0.397 e. The molecule has 1 rings (SSSR count). The number of aliphatic hydroxyl groups is 5. The number of hydrogen-bond acceptors (Lipinski definition) is 11. The van der Waals surface area contributed by atoms with Crippen LogP contribution in [0.2, 0.25) is 0 Å². The van der Waals surface area contributed by atoms with E-state index >= 15 is 0 Å². The van der Waals surface area contributed by atoms with Crippen LogP contribution in [-0.2, 0) is 28.9 Å². The second kappa shape index (κ2) is 28.3. The summed E-state index contributed by atoms with van der Waals surface area (Å²) in [5, 5.41) is 54.8. The van der Waals surface area contributed by atoms with Crippen molar-refractivity contribution in [3.63, 3.8) is 0 Å². The molecular weight excluding hydrogens is 670 g/mol. The van der Waals surface area contributed by atoms with Gasteiger partial charge in [0.25, 0.3) is 0 Å². The molecule has 0 spiro atoms. The maximum absolute atomic E-state index is 13.0. The van der Waals surface area contributed by atoms with Gasteiger partial charge in [0.05, 0.1) is 25.4 Å². The highest BCUT2D eigenvalue weighted by atomic mass is 32.3. The molecule has 1 fully saturated rings. The van der Waals surface area contributed by atoms with E-state index in [-0.39, 0.29) is 6.42 Å². The van der Waals surface area contributed by atoms with Crippen molar-refractivity contribution in [2.75, 3.05) is 13.2 Å². The van der Waals surface area contributed by atoms with Crippen molar-refractivity contribution in [3.8, 4) is 0 Å². The lowest BCUT2D eigenvalue weighted by Gasteiger charge is -2.41. The van der Waals surface area contributed by atoms with Gasteiger partial charge in [0.1, 0.15) is 30.5 Å². The van der Waals surface area contributed by atoms with Gasteiger partial charge in [-0.1, -0.05) is 122 Å². The minimum atomic E-state index is -5.10. The molecule has 13 nitrogen and oxygen atoms in total. The second-order valence-corrected chi connectivity index (χ2v) is 14.7. The molecule has 1 aliphatic heterocycles. The van der Waals surface area contributed by atoms with Gasteiger partial charge in [-0.3, -0.25) is 9.35 Å². The number of amides is 1. The fourth-order valence-corrected chi connectivity index (χ4v) is 6.55. The number of unbranched alkanes of at least 4 members (excludes halogenated alkanes) is 16. The van der Waals surface area contributed by atoms with Gasteiger partial charge in [0, 0.05) is 0 Å². The van der Waals surface area contributed by atoms with Gasteiger partial charge in [-0.15, -0.1) is 0 Å². The molecule has 1 heterocycles. The summed E-state index contributed by atoms with van der Waals surface area (Å²) in [5.74, 6) is -0.681. The first-order valence-corrected chi connectivity index (χ1v) is 20.5. The number of ether oxygens (including phenoxy) is 2. The summed E-state index contributed by atoms with van der Waals surface area (Å²) >= 11 is 0. The summed E-state index contributed by atoms with van der Waals surface area (Å²) in [6, 6.07) is -1.03. The molecule has 0 bridgehead atoms. The maximum atomic E-state index is 13.0. The first-order valence-electron chi connectivity index (χ1n) is 19.2. The van der Waals surface area contributed by atoms with Crippen LogP contribution in [0.3, 0.4) is 0 Å². The fraction of sp³-hybridized carbons (Fsp3) is 0.917. The van der Waals surface area contributed by atoms with E-state index in [1.54, 1.807) is 0 Å². The topological polar surface area (TPSA) is 212 Å². The van der Waals surface area contributed by atoms with E-state index in [0.29, 0.717) is 19.3 Å². The van der Waals surface area contributed by atoms with Gasteiger partial charge in [0.2, 0.25) is 5.91 Å². The molecule has 296 valence electrons. The smallest absolute Gasteiger partial charge is 0.394 e. The van der Waals surface area contributed by atoms with Gasteiger partial charge >= 0.3 is 10.4 Å². The quantitative estimate of drug-likeness (QED) is 0.0295. The highest BCUT2D eigenvalue weighted by molar-refractivity contribution is 7.80. The van der Waals surface area contributed by atoms with Crippen molar-refractivity contribution in [2.45, 2.75) is 198 Å². The first-order chi connectivity index (χ1) is 23.9. The molecule has 14 heteroatoms. The van der Waals surface area contributed by atoms with Gasteiger partial charge < -0.3 is 40.3 Å². The van der Waals surface area contributed by atoms with E-state index in [4.69, 9.17) is 14.0 Å². The fourth-order valence-electron chi connectivity index (χ4n) is 6.05. The predicted octanol–water partition coefficient (Wildman–Crippen LogP) is 4.62. The zero-order valence-electron chi connectivity index (χ0n) is 30.6. The molecule has 0 aromatic carbocycles. The van der Waals surface area contributed by atoms with Crippen LogP contribution < -0.4 is 5.32 Å². The van der Waals surface area contributed by atoms with Gasteiger partial charge in [0.15, 0.2) is 6.29 Å². The summed E-state index contributed by atoms with van der Waals surface area (Å²) < 4.78 is 47.2. The van der Waals surface area contributed by atoms with E-state index in [0.717, 1.165) is 77.0 Å². The number of allylic oxidation sites excluding steroid dienone is 2. The Hall–Kier alpha value is -1.20. The molecule has 8 atom stereocenters. The van der Waals surface area contributed by atoms with Crippen LogP contribution in [0.4, 0.5) is 0 Å². The van der Waals surface area contributed by atoms with Crippen LogP contribution in [0.1, 0.15) is 149 Å². The summed E-state index contributed by atoms with van der Waals surface area (Å²) in [5.41, 5.74) is 0. The average Bonchev–Trinajstić information content (AvgIpc) is 3.08. The normalized spacial score (nSPS) is 23.2. The van der Waals surface area contributed by atoms with Crippen LogP contribution in [0.15, 0.2) is 12.2 Å². The van der Waals surface area contributed by atoms with Crippen LogP contribution >= 0.6 is 0 Å². The number of aliphatic hydroxyl groups excluding tert-OH is 5. The molecule has 0 aromatic heterocycles. The van der Waals surface area contributed by atoms with Crippen LogP contribution in [0.5, 0.6) is 0 Å². The molecule has 0 aromatic rings. The molecule has 1 amide bonds. The Bertz CT molecular complexity index is 984. The number of rotatable bonds is 31. The number of carbonyl (C=O) groups is 1. The lowest BCUT2D eigenvalue weighted by Crippen LogP contribution is -2.61. The standard InChI is InChI=1S/C36H69NO12S/c1-3-5-7-9-11-12-13-14-15-16-17-19-21-23-25-30(40)35(43)37-28(29(39)24-22-20-18-10-8-6-4-2)27-47-36-33(42)34(49-50(44,45)46)32(41)31(26-38)48-36/h12-13,28-34,36,38-42H,3-11,14-27H2,1-2H3,(H,37,43)(H,44,45,46)/b13-12-. The van der Waals surface area contributed by atoms with Crippen molar-refractivity contribution < 1.29 is 57.0 Å². The lowest BCUT2D eigenvalue weighted by atomic mass is 9.99. The zero-order chi connectivity index (χ0) is 37.2. The molecule has 0 saturated carbocycles. The van der Waals surface area contributed by atoms with E-state index in [1.807, 2.05) is 0 Å². The number of nitrogens with one attached hydrogen (secondary N) is 1. The van der Waals surface area contributed by atoms with Gasteiger partial charge in [-0.05, 0) is 38.5 Å². The minimum absolute atomic E-state index is 0.253. The lowest BCUT2D eigenvalue weighted by molar-refractivity contribution is -0.298. The molecule has 1 saturated heterocycles. The zero-order valence-corrected chi connectivity index (χ0v) is 31.4. The third-order valence-electron chi connectivity index (χ3n) is 9.18. The van der Waals surface area contributed by atoms with Gasteiger partial charge in [-0.25, -0.2) is 4.18 Å². The second-order valence-electron chi connectivity index (χ2n) is 13.7. The third-order valence-corrected chi connectivity index (χ3v) is 9.65. The summed E-state index contributed by atoms with van der Waals surface area (Å²) in [6.45, 7) is 3.16. The minimum Gasteiger partial charge on any atom is -0.394 e. The summed E-state index contributed by atoms with van der Waals surface area (Å²) in [6.07, 6.45) is 14.5. The highest BCUT2D eigenvalue weighted by Gasteiger charge is 2.48. The third kappa shape index (κ3) is 21.4. The monoisotopic (exact) mass is 739 g/mol. The van der Waals surface area contributed by atoms with Crippen molar-refractivity contribution in [3.05, 3.63) is 12.2 Å². The summed E-state index contributed by atoms with van der Waals surface area (Å²) in [4.78, 5) is 13.0. The number of carbonyl (C=O) groups excluding carboxylic acids is 1. The Balaban J connectivity index is 2.62. The van der Waals surface area contributed by atoms with E-state index < -0.39 is 78.5 Å². The van der Waals surface area contributed by atoms with Crippen molar-refractivity contribution in [2.24, 2.45) is 0 Å². The molecule has 7 N–H and O–H groups in total. The average molecular weight is 740 g/mol. The molecule has 0 radical (unpaired) electrons. The van der Waals surface area contributed by atoms with Crippen LogP contribution in [0.25, 0.3) is 0 Å². The van der Waals surface area contributed by atoms with Gasteiger partial charge in [-0.2, -0.15) is 8.42 Å². The molecule has 8 unspecified atom stereocenters. The van der Waals surface area contributed by atoms with E-state index in [2.05, 4.69) is 35.5 Å². The Morgan fingerprint density at radius 1 is 0.780 bits per heavy atom. The Kier molecular flexibility index (Phi) is 26.5. The Morgan fingerprint density at radius 2 is 1.28 bits per heavy atom. The van der Waals surface area contributed by atoms with Crippen molar-refractivity contribution in [1.82, 2.24) is 5.32 Å². The van der Waals surface area contributed by atoms with E-state index in [9.17, 15) is 38.7 Å². The molecular formula is C36H69NO12S. The number of hydrogen-bond donors (Lipinski definition) is 7. The molecule has 1 aliphatic rings. The Labute approximate surface area is 301 Å². The van der Waals surface area contributed by atoms with Crippen molar-refractivity contribution >= 4 is 16.3 Å². The molecule has 50 heavy (non-hydrogen) atoms.